The van der Waals surface area contributed by atoms with Crippen LogP contribution in [0.25, 0.3) is 0 Å². The molecule has 4 N–H and O–H groups in total. The van der Waals surface area contributed by atoms with Crippen LogP contribution in [0.1, 0.15) is 126 Å². The zero-order valence-corrected chi connectivity index (χ0v) is 45.7. The van der Waals surface area contributed by atoms with Crippen LogP contribution in [0.4, 0.5) is 4.79 Å². The van der Waals surface area contributed by atoms with Crippen molar-refractivity contribution in [2.45, 2.75) is 154 Å². The molecule has 13 atom stereocenters. The molecule has 1 aliphatic heterocycles. The van der Waals surface area contributed by atoms with Gasteiger partial charge in [0.1, 0.15) is 36.1 Å². The highest BCUT2D eigenvalue weighted by molar-refractivity contribution is 5.96. The number of amides is 2. The summed E-state index contributed by atoms with van der Waals surface area (Å²) in [7, 11) is 0. The first-order valence-corrected chi connectivity index (χ1v) is 26.8. The van der Waals surface area contributed by atoms with Crippen molar-refractivity contribution < 1.29 is 81.7 Å². The smallest absolute Gasteiger partial charge is 0.455 e. The van der Waals surface area contributed by atoms with Crippen molar-refractivity contribution >= 4 is 47.6 Å². The maximum atomic E-state index is 15.9. The fourth-order valence-electron chi connectivity index (χ4n) is 12.6. The number of esters is 4. The molecule has 5 aliphatic rings. The average molecular weight is 1090 g/mol. The van der Waals surface area contributed by atoms with Crippen molar-refractivity contribution in [3.8, 4) is 0 Å². The van der Waals surface area contributed by atoms with E-state index >= 15 is 9.59 Å². The molecule has 8 rings (SSSR count). The number of hydrogen-bond donors (Lipinski definition) is 4. The van der Waals surface area contributed by atoms with Gasteiger partial charge < -0.3 is 54.0 Å². The number of fused-ring (bicyclic) bond motifs is 5. The van der Waals surface area contributed by atoms with E-state index in [2.05, 4.69) is 10.6 Å². The van der Waals surface area contributed by atoms with Crippen LogP contribution in [0.15, 0.2) is 114 Å². The van der Waals surface area contributed by atoms with Crippen LogP contribution in [-0.4, -0.2) is 125 Å². The van der Waals surface area contributed by atoms with Gasteiger partial charge in [0, 0.05) is 49.6 Å². The zero-order chi connectivity index (χ0) is 57.2. The lowest BCUT2D eigenvalue weighted by atomic mass is 9.44. The van der Waals surface area contributed by atoms with Crippen molar-refractivity contribution in [2.24, 2.45) is 22.2 Å². The molecule has 3 aromatic rings. The van der Waals surface area contributed by atoms with Gasteiger partial charge in [-0.3, -0.25) is 24.0 Å². The molecule has 2 saturated carbocycles. The Morgan fingerprint density at radius 3 is 2.04 bits per heavy atom. The Hall–Kier alpha value is -7.22. The highest BCUT2D eigenvalue weighted by atomic mass is 16.7. The minimum atomic E-state index is -2.50. The Bertz CT molecular complexity index is 2890. The molecule has 0 unspecified atom stereocenters. The maximum absolute atomic E-state index is 15.9. The van der Waals surface area contributed by atoms with Crippen LogP contribution in [-0.2, 0) is 57.1 Å². The van der Waals surface area contributed by atoms with Crippen LogP contribution in [0.2, 0.25) is 0 Å². The van der Waals surface area contributed by atoms with Crippen LogP contribution in [0.5, 0.6) is 0 Å². The van der Waals surface area contributed by atoms with E-state index in [4.69, 9.17) is 33.2 Å². The predicted octanol–water partition coefficient (Wildman–Crippen LogP) is 6.54. The Labute approximate surface area is 458 Å². The summed E-state index contributed by atoms with van der Waals surface area (Å²) in [6, 6.07) is 22.5. The lowest BCUT2D eigenvalue weighted by molar-refractivity contribution is -0.346. The number of hydrogen-bond acceptors (Lipinski definition) is 17. The van der Waals surface area contributed by atoms with Gasteiger partial charge in [0.25, 0.3) is 5.91 Å². The lowest BCUT2D eigenvalue weighted by Gasteiger charge is -2.67. The summed E-state index contributed by atoms with van der Waals surface area (Å²) in [6.07, 6.45) is -8.36. The van der Waals surface area contributed by atoms with Crippen LogP contribution >= 0.6 is 0 Å². The fourth-order valence-corrected chi connectivity index (χ4v) is 12.6. The minimum Gasteiger partial charge on any atom is -0.455 e. The van der Waals surface area contributed by atoms with Gasteiger partial charge in [-0.05, 0) is 93.5 Å². The van der Waals surface area contributed by atoms with E-state index in [0.29, 0.717) is 25.8 Å². The number of carbonyl (C=O) groups excluding carboxylic acids is 8. The van der Waals surface area contributed by atoms with E-state index in [1.807, 2.05) is 13.8 Å². The van der Waals surface area contributed by atoms with Gasteiger partial charge in [-0.1, -0.05) is 93.6 Å². The maximum Gasteiger partial charge on any atom is 0.509 e. The van der Waals surface area contributed by atoms with Crippen molar-refractivity contribution in [2.75, 3.05) is 13.2 Å². The number of aliphatic hydroxyl groups is 2. The van der Waals surface area contributed by atoms with Gasteiger partial charge in [0.05, 0.1) is 29.6 Å². The molecule has 0 radical (unpaired) electrons. The number of allylic oxidation sites excluding steroid dienone is 1. The molecule has 0 aromatic heterocycles. The summed E-state index contributed by atoms with van der Waals surface area (Å²) >= 11 is 0. The quantitative estimate of drug-likeness (QED) is 0.0758. The molecule has 4 aliphatic carbocycles. The number of aliphatic hydroxyl groups excluding tert-OH is 1. The zero-order valence-electron chi connectivity index (χ0n) is 45.7. The number of nitrogens with one attached hydrogen (secondary N) is 2. The second-order valence-electron chi connectivity index (χ2n) is 22.3. The first-order valence-electron chi connectivity index (χ1n) is 26.8. The average Bonchev–Trinajstić information content (AvgIpc) is 3.35. The molecule has 3 fully saturated rings. The Kier molecular flexibility index (Phi) is 16.8. The summed E-state index contributed by atoms with van der Waals surface area (Å²) in [6.45, 7) is 11.9. The molecule has 1 saturated heterocycles. The second-order valence-corrected chi connectivity index (χ2v) is 22.3. The highest BCUT2D eigenvalue weighted by Gasteiger charge is 2.78. The lowest BCUT2D eigenvalue weighted by Crippen LogP contribution is -2.82. The van der Waals surface area contributed by atoms with Crippen molar-refractivity contribution in [3.05, 3.63) is 131 Å². The first-order chi connectivity index (χ1) is 37.4. The van der Waals surface area contributed by atoms with Crippen LogP contribution in [0, 0.1) is 22.2 Å². The standard InChI is InChI=1S/C60H70N2O17/c1-9-61-54(70)57(7)29-20-19-27-40(28-30-57)75-55(71)77-47(45(37-21-13-10-14-22-37)62-51(67)38-23-15-11-16-24-38)53(69)76-41-32-60(72)50(78-52(68)39-25-17-12-18-26-39)48-58(8,42(65)31-43-59(48,33-73-43)79-36(4)64)49(66)46(74-35(3)63)44(34(41)2)56(60,5)6/h10-19,21-27,40-43,45-48,50,65,72H,9,20,28-33H2,1-8H3,(H,61,70)(H,62,67)/b27-19+/t40-,41-,42-,43+,45-,46+,47+,48-,50-,57+,58+,59-,60+/m0/s1. The van der Waals surface area contributed by atoms with E-state index in [1.54, 1.807) is 105 Å². The summed E-state index contributed by atoms with van der Waals surface area (Å²) in [5.74, 6) is -7.36. The molecular formula is C60H70N2O17. The predicted molar refractivity (Wildman–Crippen MR) is 281 cm³/mol. The number of carbonyl (C=O) groups is 8. The minimum absolute atomic E-state index is 0.0316. The second kappa shape index (κ2) is 22.9. The third-order valence-electron chi connectivity index (χ3n) is 17.0. The number of Topliss-reactive ketones (excluding diaryl/α,β-unsaturated/α-hetero) is 1. The number of rotatable bonds is 14. The number of benzene rings is 3. The fraction of sp³-hybridized carbons (Fsp3) is 0.500. The van der Waals surface area contributed by atoms with Gasteiger partial charge in [-0.15, -0.1) is 0 Å². The van der Waals surface area contributed by atoms with Crippen LogP contribution in [0.3, 0.4) is 0 Å². The normalized spacial score (nSPS) is 31.8. The van der Waals surface area contributed by atoms with E-state index < -0.39 is 130 Å². The molecule has 19 nitrogen and oxygen atoms in total. The third kappa shape index (κ3) is 11.0. The van der Waals surface area contributed by atoms with Gasteiger partial charge >= 0.3 is 30.0 Å². The number of ether oxygens (including phenoxy) is 7. The SMILES string of the molecule is CCNC(=O)[C@]1(C)CC/C=C/[C@H](OC(=O)O[C@@H](C(=O)O[C@H]2C[C@@]3(O)[C@@H](OC(=O)c4ccccc4)[C@@H]4[C@]5(OC(C)=O)CO[C@@H]5C[C@H](O)[C@@]4(C)C(=O)[C@H](OC(C)=O)C(=C2C)C3(C)C)[C@@H](NC(=O)c2ccccc2)c2ccccc2)CC1. The van der Waals surface area contributed by atoms with Gasteiger partial charge in [0.15, 0.2) is 17.5 Å². The van der Waals surface area contributed by atoms with E-state index in [1.165, 1.54) is 26.0 Å². The molecule has 19 heteroatoms. The highest BCUT2D eigenvalue weighted by Crippen LogP contribution is 2.64. The monoisotopic (exact) mass is 1090 g/mol. The van der Waals surface area contributed by atoms with Gasteiger partial charge in [-0.25, -0.2) is 14.4 Å². The molecule has 422 valence electrons. The van der Waals surface area contributed by atoms with Crippen LogP contribution < -0.4 is 10.6 Å². The van der Waals surface area contributed by atoms with Gasteiger partial charge in [-0.2, -0.15) is 0 Å². The molecule has 3 aromatic carbocycles. The molecule has 0 spiro atoms. The molecule has 2 bridgehead atoms. The molecule has 1 heterocycles. The Morgan fingerprint density at radius 1 is 0.810 bits per heavy atom. The van der Waals surface area contributed by atoms with E-state index in [0.717, 1.165) is 13.8 Å². The first kappa shape index (κ1) is 57.9. The Balaban J connectivity index is 1.26. The van der Waals surface area contributed by atoms with Crippen molar-refractivity contribution in [1.82, 2.24) is 10.6 Å². The van der Waals surface area contributed by atoms with E-state index in [-0.39, 0.29) is 53.2 Å². The topological polar surface area (TPSA) is 266 Å². The third-order valence-corrected chi connectivity index (χ3v) is 17.0. The molecule has 2 amide bonds. The molecule has 79 heavy (non-hydrogen) atoms. The number of ketones is 1. The summed E-state index contributed by atoms with van der Waals surface area (Å²) in [4.78, 5) is 114. The summed E-state index contributed by atoms with van der Waals surface area (Å²) < 4.78 is 42.9. The summed E-state index contributed by atoms with van der Waals surface area (Å²) in [5, 5.41) is 32.1. The molecular weight excluding hydrogens is 1020 g/mol. The van der Waals surface area contributed by atoms with E-state index in [9.17, 15) is 39.0 Å². The van der Waals surface area contributed by atoms with Crippen molar-refractivity contribution in [3.63, 3.8) is 0 Å². The van der Waals surface area contributed by atoms with Gasteiger partial charge in [0.2, 0.25) is 12.0 Å². The largest absolute Gasteiger partial charge is 0.509 e. The summed E-state index contributed by atoms with van der Waals surface area (Å²) in [5.41, 5.74) is -8.49. The van der Waals surface area contributed by atoms with Crippen molar-refractivity contribution in [1.29, 1.82) is 0 Å². The Morgan fingerprint density at radius 2 is 1.44 bits per heavy atom.